The summed E-state index contributed by atoms with van der Waals surface area (Å²) in [6, 6.07) is 20.7. The SMILES string of the molecule is COC(=O)c1ccc(-c2c3nc(c(C=O)c4ccc([n-]4)c(-c4ccc(C(=O)OC)cc4)c4nc(c(C=O)c5ccc2[n-]5)C=C4)C=C3)cc1.[Mn+3]. The number of benzene rings is 2. The number of aldehydes is 2. The molecule has 3 aromatic heterocycles. The van der Waals surface area contributed by atoms with Gasteiger partial charge in [-0.15, -0.1) is 22.1 Å². The molecule has 5 aromatic rings. The number of carbonyl (C=O) groups excluding carboxylic acids is 4. The van der Waals surface area contributed by atoms with Crippen LogP contribution in [-0.2, 0) is 26.5 Å². The van der Waals surface area contributed by atoms with Crippen molar-refractivity contribution in [2.75, 3.05) is 14.2 Å². The number of hydrogen-bond donors (Lipinski definition) is 0. The molecule has 0 radical (unpaired) electrons. The Kier molecular flexibility index (Phi) is 9.04. The fraction of sp³-hybridized carbons (Fsp3) is 0.0526. The van der Waals surface area contributed by atoms with Crippen molar-refractivity contribution in [3.63, 3.8) is 0 Å². The fourth-order valence-corrected chi connectivity index (χ4v) is 5.75. The van der Waals surface area contributed by atoms with Crippen LogP contribution in [0.1, 0.15) is 64.2 Å². The van der Waals surface area contributed by atoms with Crippen LogP contribution in [-0.4, -0.2) is 48.7 Å². The number of methoxy groups -OCH3 is 2. The zero-order valence-corrected chi connectivity index (χ0v) is 27.2. The summed E-state index contributed by atoms with van der Waals surface area (Å²) in [5, 5.41) is 0. The summed E-state index contributed by atoms with van der Waals surface area (Å²) in [5.41, 5.74) is 7.72. The maximum atomic E-state index is 12.6. The zero-order valence-electron chi connectivity index (χ0n) is 26.0. The van der Waals surface area contributed by atoms with Crippen LogP contribution < -0.4 is 9.97 Å². The first-order chi connectivity index (χ1) is 23.4. The average molecular weight is 688 g/mol. The Hall–Kier alpha value is -6.16. The molecule has 2 aliphatic rings. The minimum atomic E-state index is -0.468. The van der Waals surface area contributed by atoms with E-state index in [0.29, 0.717) is 78.2 Å². The summed E-state index contributed by atoms with van der Waals surface area (Å²) in [5.74, 6) is -0.937. The van der Waals surface area contributed by atoms with Crippen molar-refractivity contribution in [1.29, 1.82) is 0 Å². The second kappa shape index (κ2) is 13.5. The van der Waals surface area contributed by atoms with Crippen molar-refractivity contribution in [3.05, 3.63) is 118 Å². The summed E-state index contributed by atoms with van der Waals surface area (Å²) in [6.07, 6.45) is 8.49. The van der Waals surface area contributed by atoms with Gasteiger partial charge in [-0.25, -0.2) is 19.6 Å². The van der Waals surface area contributed by atoms with Crippen LogP contribution in [0.3, 0.4) is 0 Å². The van der Waals surface area contributed by atoms with E-state index in [9.17, 15) is 19.2 Å². The summed E-state index contributed by atoms with van der Waals surface area (Å²) < 4.78 is 9.70. The molecule has 7 rings (SSSR count). The number of aromatic nitrogens is 4. The van der Waals surface area contributed by atoms with E-state index in [1.54, 1.807) is 97.1 Å². The Labute approximate surface area is 290 Å². The first-order valence-electron chi connectivity index (χ1n) is 14.8. The Morgan fingerprint density at radius 2 is 0.878 bits per heavy atom. The van der Waals surface area contributed by atoms with E-state index in [0.717, 1.165) is 12.6 Å². The first kappa shape index (κ1) is 32.8. The quantitative estimate of drug-likeness (QED) is 0.109. The van der Waals surface area contributed by atoms with Crippen LogP contribution in [0.2, 0.25) is 0 Å². The summed E-state index contributed by atoms with van der Waals surface area (Å²) in [7, 11) is 2.63. The van der Waals surface area contributed by atoms with E-state index < -0.39 is 11.9 Å². The topological polar surface area (TPSA) is 141 Å². The Morgan fingerprint density at radius 1 is 0.531 bits per heavy atom. The van der Waals surface area contributed by atoms with Crippen LogP contribution in [0.4, 0.5) is 0 Å². The van der Waals surface area contributed by atoms with Crippen LogP contribution in [0.25, 0.3) is 68.6 Å². The molecular weight excluding hydrogens is 663 g/mol. The molecule has 0 unspecified atom stereocenters. The van der Waals surface area contributed by atoms with Gasteiger partial charge >= 0.3 is 29.0 Å². The Balaban J connectivity index is 0.00000417. The minimum absolute atomic E-state index is 0. The summed E-state index contributed by atoms with van der Waals surface area (Å²) in [4.78, 5) is 68.7. The van der Waals surface area contributed by atoms with Crippen LogP contribution in [0, 0.1) is 0 Å². The molecule has 0 atom stereocenters. The maximum Gasteiger partial charge on any atom is 3.00 e. The number of nitrogens with zero attached hydrogens (tertiary/aromatic N) is 4. The van der Waals surface area contributed by atoms with E-state index >= 15 is 0 Å². The molecule has 2 aromatic carbocycles. The molecule has 0 spiro atoms. The average Bonchev–Trinajstić information content (AvgIpc) is 3.96. The molecule has 2 aliphatic heterocycles. The van der Waals surface area contributed by atoms with Crippen molar-refractivity contribution in [3.8, 4) is 22.3 Å². The van der Waals surface area contributed by atoms with Crippen molar-refractivity contribution < 1.29 is 45.7 Å². The second-order valence-electron chi connectivity index (χ2n) is 10.8. The first-order valence-corrected chi connectivity index (χ1v) is 14.8. The van der Waals surface area contributed by atoms with Gasteiger partial charge in [0, 0.05) is 11.1 Å². The molecule has 0 amide bonds. The number of ether oxygens (including phenoxy) is 2. The third kappa shape index (κ3) is 5.93. The van der Waals surface area contributed by atoms with Gasteiger partial charge in [-0.05, 0) is 70.8 Å². The number of carbonyl (C=O) groups is 4. The summed E-state index contributed by atoms with van der Waals surface area (Å²) in [6.45, 7) is 0. The molecule has 8 bridgehead atoms. The van der Waals surface area contributed by atoms with Gasteiger partial charge in [-0.3, -0.25) is 9.59 Å². The van der Waals surface area contributed by atoms with Gasteiger partial charge in [-0.2, -0.15) is 0 Å². The molecule has 0 saturated heterocycles. The monoisotopic (exact) mass is 687 g/mol. The van der Waals surface area contributed by atoms with Gasteiger partial charge in [0.2, 0.25) is 0 Å². The van der Waals surface area contributed by atoms with Gasteiger partial charge in [0.15, 0.2) is 12.6 Å². The molecule has 5 heterocycles. The Morgan fingerprint density at radius 3 is 1.22 bits per heavy atom. The molecule has 238 valence electrons. The molecule has 0 saturated carbocycles. The fourth-order valence-electron chi connectivity index (χ4n) is 5.75. The molecule has 0 fully saturated rings. The maximum absolute atomic E-state index is 12.6. The van der Waals surface area contributed by atoms with Gasteiger partial charge in [0.25, 0.3) is 0 Å². The predicted molar refractivity (Wildman–Crippen MR) is 181 cm³/mol. The number of esters is 2. The zero-order chi connectivity index (χ0) is 33.4. The van der Waals surface area contributed by atoms with Crippen LogP contribution in [0.5, 0.6) is 0 Å². The molecule has 10 nitrogen and oxygen atoms in total. The van der Waals surface area contributed by atoms with Crippen molar-refractivity contribution >= 4 is 70.9 Å². The smallest absolute Gasteiger partial charge is 0.657 e. The van der Waals surface area contributed by atoms with E-state index in [4.69, 9.17) is 29.4 Å². The molecular formula is C38H24MnN4O6+. The van der Waals surface area contributed by atoms with Gasteiger partial charge in [0.1, 0.15) is 0 Å². The van der Waals surface area contributed by atoms with Gasteiger partial charge < -0.3 is 19.4 Å². The molecule has 0 aliphatic carbocycles. The largest absolute Gasteiger partial charge is 3.00 e. The van der Waals surface area contributed by atoms with Gasteiger partial charge in [0.05, 0.1) is 48.1 Å². The second-order valence-corrected chi connectivity index (χ2v) is 10.8. The van der Waals surface area contributed by atoms with Crippen molar-refractivity contribution in [2.45, 2.75) is 0 Å². The normalized spacial score (nSPS) is 11.5. The predicted octanol–water partition coefficient (Wildman–Crippen LogP) is 6.44. The van der Waals surface area contributed by atoms with E-state index in [2.05, 4.69) is 0 Å². The number of fused-ring (bicyclic) bond motifs is 8. The third-order valence-electron chi connectivity index (χ3n) is 8.11. The molecule has 49 heavy (non-hydrogen) atoms. The standard InChI is InChI=1S/C38H25N4O6.Mn/c1-47-37(45)23-7-3-21(4-8-23)35-31-15-11-27(39-31)25(19-43)29-13-17-33(41-29)36(22-5-9-24(10-6-22)38(46)48-2)34-18-14-30(42-34)26(20-44)28-12-16-32(35)40-28;/h3-20H,1-2H3,(H-,39,40,41,42,43,44,45,46);/q-1;+3/p-1. The van der Waals surface area contributed by atoms with Crippen molar-refractivity contribution in [1.82, 2.24) is 19.9 Å². The van der Waals surface area contributed by atoms with Crippen LogP contribution >= 0.6 is 0 Å². The van der Waals surface area contributed by atoms with Crippen LogP contribution in [0.15, 0.2) is 72.8 Å². The molecule has 0 N–H and O–H groups in total. The van der Waals surface area contributed by atoms with E-state index in [-0.39, 0.29) is 28.2 Å². The summed E-state index contributed by atoms with van der Waals surface area (Å²) >= 11 is 0. The minimum Gasteiger partial charge on any atom is -0.657 e. The van der Waals surface area contributed by atoms with E-state index in [1.165, 1.54) is 14.2 Å². The van der Waals surface area contributed by atoms with E-state index in [1.807, 2.05) is 0 Å². The molecule has 11 heteroatoms. The number of rotatable bonds is 6. The van der Waals surface area contributed by atoms with Crippen molar-refractivity contribution in [2.24, 2.45) is 0 Å². The van der Waals surface area contributed by atoms with Gasteiger partial charge in [-0.1, -0.05) is 48.5 Å². The third-order valence-corrected chi connectivity index (χ3v) is 8.11. The number of hydrogen-bond acceptors (Lipinski definition) is 8. The Bertz CT molecular complexity index is 2220.